The minimum atomic E-state index is -1.33. The standard InChI is InChI=1S/C10H6BrFN2O3/c11-6-3-5(1-2-7(6)12)14-4-8(15)9(13-14)10(16)17/h1-4,15H,(H,16,17). The molecular weight excluding hydrogens is 295 g/mol. The maximum Gasteiger partial charge on any atom is 0.360 e. The van der Waals surface area contributed by atoms with Gasteiger partial charge in [0.25, 0.3) is 0 Å². The van der Waals surface area contributed by atoms with E-state index in [9.17, 15) is 14.3 Å². The zero-order chi connectivity index (χ0) is 12.6. The van der Waals surface area contributed by atoms with Crippen LogP contribution in [0.25, 0.3) is 5.69 Å². The summed E-state index contributed by atoms with van der Waals surface area (Å²) in [5, 5.41) is 21.7. The van der Waals surface area contributed by atoms with Crippen LogP contribution in [0, 0.1) is 5.82 Å². The monoisotopic (exact) mass is 300 g/mol. The van der Waals surface area contributed by atoms with Gasteiger partial charge in [0.1, 0.15) is 5.82 Å². The maximum atomic E-state index is 13.0. The van der Waals surface area contributed by atoms with E-state index in [4.69, 9.17) is 5.11 Å². The van der Waals surface area contributed by atoms with Gasteiger partial charge >= 0.3 is 5.97 Å². The second-order valence-corrected chi connectivity index (χ2v) is 4.07. The van der Waals surface area contributed by atoms with Gasteiger partial charge in [-0.1, -0.05) is 0 Å². The van der Waals surface area contributed by atoms with Gasteiger partial charge in [0, 0.05) is 0 Å². The summed E-state index contributed by atoms with van der Waals surface area (Å²) in [6, 6.07) is 4.05. The first-order chi connectivity index (χ1) is 7.99. The molecule has 0 unspecified atom stereocenters. The van der Waals surface area contributed by atoms with Crippen LogP contribution < -0.4 is 0 Å². The molecule has 1 aromatic heterocycles. The predicted octanol–water partition coefficient (Wildman–Crippen LogP) is 2.18. The number of benzene rings is 1. The van der Waals surface area contributed by atoms with Crippen molar-refractivity contribution in [2.45, 2.75) is 0 Å². The van der Waals surface area contributed by atoms with Crippen LogP contribution in [0.2, 0.25) is 0 Å². The Kier molecular flexibility index (Phi) is 2.84. The third kappa shape index (κ3) is 2.14. The highest BCUT2D eigenvalue weighted by atomic mass is 79.9. The average Bonchev–Trinajstić information content (AvgIpc) is 2.64. The second-order valence-electron chi connectivity index (χ2n) is 3.21. The Morgan fingerprint density at radius 1 is 1.47 bits per heavy atom. The quantitative estimate of drug-likeness (QED) is 0.891. The van der Waals surface area contributed by atoms with Gasteiger partial charge in [0.05, 0.1) is 16.4 Å². The lowest BCUT2D eigenvalue weighted by molar-refractivity contribution is 0.0687. The molecule has 0 bridgehead atoms. The molecule has 7 heteroatoms. The van der Waals surface area contributed by atoms with E-state index in [0.717, 1.165) is 10.9 Å². The molecule has 5 nitrogen and oxygen atoms in total. The Morgan fingerprint density at radius 2 is 2.18 bits per heavy atom. The Hall–Kier alpha value is -1.89. The van der Waals surface area contributed by atoms with Crippen LogP contribution in [0.5, 0.6) is 5.75 Å². The van der Waals surface area contributed by atoms with Crippen molar-refractivity contribution in [2.24, 2.45) is 0 Å². The molecule has 2 N–H and O–H groups in total. The number of nitrogens with zero attached hydrogens (tertiary/aromatic N) is 2. The summed E-state index contributed by atoms with van der Waals surface area (Å²) in [6.07, 6.45) is 1.14. The van der Waals surface area contributed by atoms with Gasteiger partial charge in [-0.2, -0.15) is 5.10 Å². The first kappa shape index (κ1) is 11.6. The molecule has 0 radical (unpaired) electrons. The van der Waals surface area contributed by atoms with Crippen LogP contribution in [0.3, 0.4) is 0 Å². The van der Waals surface area contributed by atoms with E-state index in [1.165, 1.54) is 18.2 Å². The predicted molar refractivity (Wildman–Crippen MR) is 59.8 cm³/mol. The smallest absolute Gasteiger partial charge is 0.360 e. The van der Waals surface area contributed by atoms with E-state index < -0.39 is 23.2 Å². The molecule has 1 heterocycles. The van der Waals surface area contributed by atoms with Crippen LogP contribution in [-0.4, -0.2) is 26.0 Å². The van der Waals surface area contributed by atoms with E-state index >= 15 is 0 Å². The van der Waals surface area contributed by atoms with Gasteiger partial charge in [-0.25, -0.2) is 13.9 Å². The normalized spacial score (nSPS) is 10.5. The minimum absolute atomic E-state index is 0.224. The molecular formula is C10H6BrFN2O3. The third-order valence-corrected chi connectivity index (χ3v) is 2.67. The fraction of sp³-hybridized carbons (Fsp3) is 0. The molecule has 0 saturated heterocycles. The molecule has 0 fully saturated rings. The lowest BCUT2D eigenvalue weighted by Crippen LogP contribution is -2.01. The average molecular weight is 301 g/mol. The lowest BCUT2D eigenvalue weighted by Gasteiger charge is -2.01. The number of aromatic hydroxyl groups is 1. The minimum Gasteiger partial charge on any atom is -0.504 e. The van der Waals surface area contributed by atoms with Gasteiger partial charge in [0.2, 0.25) is 5.69 Å². The number of aromatic carboxylic acids is 1. The van der Waals surface area contributed by atoms with Crippen LogP contribution in [0.1, 0.15) is 10.5 Å². The number of hydrogen-bond donors (Lipinski definition) is 2. The molecule has 0 atom stereocenters. The summed E-state index contributed by atoms with van der Waals surface area (Å²) in [5.74, 6) is -2.22. The van der Waals surface area contributed by atoms with Crippen molar-refractivity contribution in [3.05, 3.63) is 40.4 Å². The summed E-state index contributed by atoms with van der Waals surface area (Å²) in [5.41, 5.74) is -0.0217. The van der Waals surface area contributed by atoms with Crippen molar-refractivity contribution < 1.29 is 19.4 Å². The molecule has 1 aromatic carbocycles. The topological polar surface area (TPSA) is 75.3 Å². The Bertz CT molecular complexity index is 597. The van der Waals surface area contributed by atoms with E-state index in [2.05, 4.69) is 21.0 Å². The number of aromatic nitrogens is 2. The number of carboxylic acids is 1. The van der Waals surface area contributed by atoms with Crippen LogP contribution in [0.15, 0.2) is 28.9 Å². The SMILES string of the molecule is O=C(O)c1nn(-c2ccc(F)c(Br)c2)cc1O. The molecule has 0 spiro atoms. The largest absolute Gasteiger partial charge is 0.504 e. The van der Waals surface area contributed by atoms with Crippen molar-refractivity contribution in [1.82, 2.24) is 9.78 Å². The number of carboxylic acid groups (broad SMARTS) is 1. The zero-order valence-corrected chi connectivity index (χ0v) is 9.85. The Balaban J connectivity index is 2.50. The van der Waals surface area contributed by atoms with E-state index in [1.54, 1.807) is 0 Å². The van der Waals surface area contributed by atoms with Gasteiger partial charge in [-0.05, 0) is 34.1 Å². The molecule has 0 aliphatic heterocycles. The summed E-state index contributed by atoms with van der Waals surface area (Å²) in [6.45, 7) is 0. The molecule has 2 aromatic rings. The van der Waals surface area contributed by atoms with Gasteiger partial charge in [0.15, 0.2) is 5.75 Å². The number of carbonyl (C=O) groups is 1. The summed E-state index contributed by atoms with van der Waals surface area (Å²) in [4.78, 5) is 10.7. The Labute approximate surface area is 103 Å². The van der Waals surface area contributed by atoms with Gasteiger partial charge in [-0.15, -0.1) is 0 Å². The molecule has 2 rings (SSSR count). The highest BCUT2D eigenvalue weighted by Gasteiger charge is 2.15. The van der Waals surface area contributed by atoms with E-state index in [1.807, 2.05) is 0 Å². The highest BCUT2D eigenvalue weighted by molar-refractivity contribution is 9.10. The number of halogens is 2. The second kappa shape index (κ2) is 4.17. The van der Waals surface area contributed by atoms with Crippen molar-refractivity contribution in [1.29, 1.82) is 0 Å². The molecule has 0 amide bonds. The number of rotatable bonds is 2. The molecule has 88 valence electrons. The van der Waals surface area contributed by atoms with Crippen molar-refractivity contribution in [2.75, 3.05) is 0 Å². The van der Waals surface area contributed by atoms with E-state index in [-0.39, 0.29) is 4.47 Å². The van der Waals surface area contributed by atoms with Crippen molar-refractivity contribution in [3.63, 3.8) is 0 Å². The van der Waals surface area contributed by atoms with Crippen molar-refractivity contribution >= 4 is 21.9 Å². The Morgan fingerprint density at radius 3 is 2.71 bits per heavy atom. The van der Waals surface area contributed by atoms with Crippen molar-refractivity contribution in [3.8, 4) is 11.4 Å². The molecule has 0 saturated carbocycles. The van der Waals surface area contributed by atoms with Gasteiger partial charge < -0.3 is 10.2 Å². The first-order valence-electron chi connectivity index (χ1n) is 4.46. The first-order valence-corrected chi connectivity index (χ1v) is 5.25. The fourth-order valence-electron chi connectivity index (χ4n) is 1.28. The molecule has 0 aliphatic rings. The maximum absolute atomic E-state index is 13.0. The highest BCUT2D eigenvalue weighted by Crippen LogP contribution is 2.22. The molecule has 17 heavy (non-hydrogen) atoms. The van der Waals surface area contributed by atoms with Crippen LogP contribution in [0.4, 0.5) is 4.39 Å². The molecule has 0 aliphatic carbocycles. The lowest BCUT2D eigenvalue weighted by atomic mass is 10.3. The van der Waals surface area contributed by atoms with Crippen LogP contribution >= 0.6 is 15.9 Å². The fourth-order valence-corrected chi connectivity index (χ4v) is 1.64. The summed E-state index contributed by atoms with van der Waals surface area (Å²) in [7, 11) is 0. The summed E-state index contributed by atoms with van der Waals surface area (Å²) < 4.78 is 14.4. The number of hydrogen-bond acceptors (Lipinski definition) is 3. The van der Waals surface area contributed by atoms with Gasteiger partial charge in [-0.3, -0.25) is 0 Å². The third-order valence-electron chi connectivity index (χ3n) is 2.07. The van der Waals surface area contributed by atoms with E-state index in [0.29, 0.717) is 5.69 Å². The van der Waals surface area contributed by atoms with Crippen LogP contribution in [-0.2, 0) is 0 Å². The summed E-state index contributed by atoms with van der Waals surface area (Å²) >= 11 is 3.00. The zero-order valence-electron chi connectivity index (χ0n) is 8.26.